The molecule has 0 aliphatic rings. The van der Waals surface area contributed by atoms with Gasteiger partial charge in [-0.3, -0.25) is 4.79 Å². The van der Waals surface area contributed by atoms with Gasteiger partial charge in [-0.1, -0.05) is 0 Å². The van der Waals surface area contributed by atoms with Gasteiger partial charge in [-0.15, -0.1) is 0 Å². The van der Waals surface area contributed by atoms with Crippen LogP contribution in [0.2, 0.25) is 0 Å². The Bertz CT molecular complexity index is 187. The monoisotopic (exact) mass is 206 g/mol. The third-order valence-corrected chi connectivity index (χ3v) is 1.92. The summed E-state index contributed by atoms with van der Waals surface area (Å²) in [6, 6.07) is -1.29. The quantitative estimate of drug-likeness (QED) is 0.558. The van der Waals surface area contributed by atoms with Crippen molar-refractivity contribution in [2.24, 2.45) is 0 Å². The molecule has 0 unspecified atom stereocenters. The molecule has 0 saturated heterocycles. The van der Waals surface area contributed by atoms with Gasteiger partial charge in [0.05, 0.1) is 0 Å². The van der Waals surface area contributed by atoms with Crippen LogP contribution < -0.4 is 10.6 Å². The normalized spacial score (nSPS) is 11.8. The summed E-state index contributed by atoms with van der Waals surface area (Å²) in [6.45, 7) is 1.95. The average Bonchev–Trinajstić information content (AvgIpc) is 2.04. The maximum atomic E-state index is 10.9. The summed E-state index contributed by atoms with van der Waals surface area (Å²) in [5, 5.41) is 13.3. The lowest BCUT2D eigenvalue weighted by Crippen LogP contribution is -2.44. The zero-order valence-corrected chi connectivity index (χ0v) is 8.48. The third-order valence-electron chi connectivity index (χ3n) is 1.31. The van der Waals surface area contributed by atoms with Crippen LogP contribution in [0.5, 0.6) is 0 Å². The molecule has 0 aliphatic heterocycles. The van der Waals surface area contributed by atoms with Crippen molar-refractivity contribution in [1.82, 2.24) is 10.6 Å². The van der Waals surface area contributed by atoms with Gasteiger partial charge in [0.2, 0.25) is 0 Å². The van der Waals surface area contributed by atoms with E-state index in [-0.39, 0.29) is 0 Å². The summed E-state index contributed by atoms with van der Waals surface area (Å²) in [5.41, 5.74) is 0. The first-order valence-electron chi connectivity index (χ1n) is 3.84. The van der Waals surface area contributed by atoms with E-state index in [0.717, 1.165) is 5.75 Å². The van der Waals surface area contributed by atoms with Crippen LogP contribution >= 0.6 is 11.8 Å². The molecule has 13 heavy (non-hydrogen) atoms. The van der Waals surface area contributed by atoms with Gasteiger partial charge in [-0.05, 0) is 13.2 Å². The number of nitrogens with one attached hydrogen (secondary N) is 2. The van der Waals surface area contributed by atoms with Crippen LogP contribution in [0.15, 0.2) is 0 Å². The van der Waals surface area contributed by atoms with Crippen molar-refractivity contribution in [2.45, 2.75) is 13.0 Å². The topological polar surface area (TPSA) is 78.4 Å². The zero-order chi connectivity index (χ0) is 10.3. The van der Waals surface area contributed by atoms with Crippen LogP contribution in [-0.2, 0) is 4.79 Å². The lowest BCUT2D eigenvalue weighted by Gasteiger charge is -2.09. The summed E-state index contributed by atoms with van der Waals surface area (Å²) >= 11 is 1.61. The molecule has 0 aliphatic carbocycles. The second kappa shape index (κ2) is 6.59. The van der Waals surface area contributed by atoms with Crippen LogP contribution in [-0.4, -0.2) is 41.7 Å². The largest absolute Gasteiger partial charge is 0.480 e. The fraction of sp³-hybridized carbons (Fsp3) is 0.714. The van der Waals surface area contributed by atoms with E-state index in [1.165, 1.54) is 6.92 Å². The molecule has 0 aromatic carbocycles. The van der Waals surface area contributed by atoms with Crippen molar-refractivity contribution in [3.8, 4) is 0 Å². The summed E-state index contributed by atoms with van der Waals surface area (Å²) in [7, 11) is 0. The average molecular weight is 206 g/mol. The fourth-order valence-electron chi connectivity index (χ4n) is 0.576. The highest BCUT2D eigenvalue weighted by Gasteiger charge is 2.12. The molecule has 0 spiro atoms. The smallest absolute Gasteiger partial charge is 0.325 e. The second-order valence-corrected chi connectivity index (χ2v) is 3.44. The molecule has 0 aromatic rings. The lowest BCUT2D eigenvalue weighted by molar-refractivity contribution is -0.138. The van der Waals surface area contributed by atoms with Gasteiger partial charge in [-0.2, -0.15) is 11.8 Å². The SMILES string of the molecule is CSCCNC(=O)N[C@@H](C)C(=O)O. The first-order chi connectivity index (χ1) is 6.07. The van der Waals surface area contributed by atoms with E-state index < -0.39 is 18.0 Å². The van der Waals surface area contributed by atoms with Gasteiger partial charge in [-0.25, -0.2) is 4.79 Å². The number of aliphatic carboxylic acids is 1. The van der Waals surface area contributed by atoms with Crippen molar-refractivity contribution in [3.05, 3.63) is 0 Å². The summed E-state index contributed by atoms with van der Waals surface area (Å²) in [6.07, 6.45) is 1.93. The van der Waals surface area contributed by atoms with Crippen molar-refractivity contribution < 1.29 is 14.7 Å². The van der Waals surface area contributed by atoms with E-state index in [2.05, 4.69) is 10.6 Å². The molecule has 0 heterocycles. The minimum Gasteiger partial charge on any atom is -0.480 e. The number of hydrogen-bond donors (Lipinski definition) is 3. The minimum absolute atomic E-state index is 0.441. The number of carboxylic acid groups (broad SMARTS) is 1. The molecule has 0 radical (unpaired) electrons. The standard InChI is InChI=1S/C7H14N2O3S/c1-5(6(10)11)9-7(12)8-3-4-13-2/h5H,3-4H2,1-2H3,(H,10,11)(H2,8,9,12)/t5-/m0/s1. The molecule has 3 N–H and O–H groups in total. The van der Waals surface area contributed by atoms with E-state index in [9.17, 15) is 9.59 Å². The zero-order valence-electron chi connectivity index (χ0n) is 7.66. The molecular weight excluding hydrogens is 192 g/mol. The molecule has 1 atom stereocenters. The summed E-state index contributed by atoms with van der Waals surface area (Å²) < 4.78 is 0. The number of thioether (sulfide) groups is 1. The van der Waals surface area contributed by atoms with Crippen LogP contribution in [0.25, 0.3) is 0 Å². The summed E-state index contributed by atoms with van der Waals surface area (Å²) in [4.78, 5) is 21.3. The first kappa shape index (κ1) is 12.1. The number of carboxylic acids is 1. The van der Waals surface area contributed by atoms with Crippen LogP contribution in [0.4, 0.5) is 4.79 Å². The van der Waals surface area contributed by atoms with Crippen molar-refractivity contribution in [1.29, 1.82) is 0 Å². The third kappa shape index (κ3) is 6.27. The minimum atomic E-state index is -1.04. The maximum Gasteiger partial charge on any atom is 0.325 e. The maximum absolute atomic E-state index is 10.9. The predicted molar refractivity (Wildman–Crippen MR) is 52.0 cm³/mol. The van der Waals surface area contributed by atoms with Gasteiger partial charge >= 0.3 is 12.0 Å². The highest BCUT2D eigenvalue weighted by atomic mass is 32.2. The Labute approximate surface area is 81.3 Å². The number of hydrogen-bond acceptors (Lipinski definition) is 3. The van der Waals surface area contributed by atoms with Crippen LogP contribution in [0.3, 0.4) is 0 Å². The van der Waals surface area contributed by atoms with Crippen molar-refractivity contribution >= 4 is 23.8 Å². The fourth-order valence-corrected chi connectivity index (χ4v) is 0.882. The molecule has 0 aromatic heterocycles. The lowest BCUT2D eigenvalue weighted by atomic mass is 10.3. The van der Waals surface area contributed by atoms with Crippen molar-refractivity contribution in [3.63, 3.8) is 0 Å². The Morgan fingerprint density at radius 1 is 1.54 bits per heavy atom. The molecule has 2 amide bonds. The van der Waals surface area contributed by atoms with E-state index >= 15 is 0 Å². The Morgan fingerprint density at radius 2 is 2.15 bits per heavy atom. The van der Waals surface area contributed by atoms with E-state index in [0.29, 0.717) is 6.54 Å². The number of rotatable bonds is 5. The molecule has 0 saturated carbocycles. The van der Waals surface area contributed by atoms with Gasteiger partial charge in [0.1, 0.15) is 6.04 Å². The van der Waals surface area contributed by atoms with Gasteiger partial charge in [0.15, 0.2) is 0 Å². The number of carbonyl (C=O) groups excluding carboxylic acids is 1. The molecule has 0 bridgehead atoms. The highest BCUT2D eigenvalue weighted by molar-refractivity contribution is 7.98. The van der Waals surface area contributed by atoms with E-state index in [1.807, 2.05) is 6.26 Å². The molecule has 5 nitrogen and oxygen atoms in total. The number of carbonyl (C=O) groups is 2. The number of urea groups is 1. The molecule has 76 valence electrons. The Morgan fingerprint density at radius 3 is 2.62 bits per heavy atom. The molecule has 0 fully saturated rings. The van der Waals surface area contributed by atoms with Crippen LogP contribution in [0, 0.1) is 0 Å². The Kier molecular flexibility index (Phi) is 6.13. The Hall–Kier alpha value is -0.910. The molecular formula is C7H14N2O3S. The molecule has 6 heteroatoms. The predicted octanol–water partition coefficient (Wildman–Crippen LogP) is 0.122. The molecule has 0 rings (SSSR count). The second-order valence-electron chi connectivity index (χ2n) is 2.45. The Balaban J connectivity index is 3.56. The van der Waals surface area contributed by atoms with Gasteiger partial charge < -0.3 is 15.7 Å². The summed E-state index contributed by atoms with van der Waals surface area (Å²) in [5.74, 6) is -0.227. The van der Waals surface area contributed by atoms with Gasteiger partial charge in [0.25, 0.3) is 0 Å². The van der Waals surface area contributed by atoms with Crippen LogP contribution in [0.1, 0.15) is 6.92 Å². The van der Waals surface area contributed by atoms with Crippen molar-refractivity contribution in [2.75, 3.05) is 18.6 Å². The van der Waals surface area contributed by atoms with Gasteiger partial charge in [0, 0.05) is 12.3 Å². The van der Waals surface area contributed by atoms with E-state index in [4.69, 9.17) is 5.11 Å². The van der Waals surface area contributed by atoms with E-state index in [1.54, 1.807) is 11.8 Å². The first-order valence-corrected chi connectivity index (χ1v) is 5.23. The highest BCUT2D eigenvalue weighted by Crippen LogP contribution is 1.87. The number of amides is 2.